The lowest BCUT2D eigenvalue weighted by atomic mass is 9.94. The molecule has 0 atom stereocenters. The maximum atomic E-state index is 5.94. The van der Waals surface area contributed by atoms with Crippen LogP contribution in [-0.4, -0.2) is 20.6 Å². The Bertz CT molecular complexity index is 967. The molecule has 3 aromatic rings. The fraction of sp³-hybridized carbons (Fsp3) is 0.400. The second kappa shape index (κ2) is 9.00. The van der Waals surface area contributed by atoms with Crippen molar-refractivity contribution in [2.24, 2.45) is 0 Å². The van der Waals surface area contributed by atoms with E-state index in [0.29, 0.717) is 6.04 Å². The number of aryl methyl sites for hydroxylation is 2. The first-order chi connectivity index (χ1) is 14.2. The first-order valence-corrected chi connectivity index (χ1v) is 11.3. The number of hydrogen-bond acceptors (Lipinski definition) is 1. The van der Waals surface area contributed by atoms with Crippen LogP contribution in [0.1, 0.15) is 50.2 Å². The van der Waals surface area contributed by atoms with Crippen LogP contribution < -0.4 is 5.32 Å². The van der Waals surface area contributed by atoms with E-state index in [1.165, 1.54) is 54.1 Å². The van der Waals surface area contributed by atoms with Gasteiger partial charge in [-0.1, -0.05) is 55.2 Å². The smallest absolute Gasteiger partial charge is 0.173 e. The van der Waals surface area contributed by atoms with Crippen molar-refractivity contribution in [1.29, 1.82) is 0 Å². The Morgan fingerprint density at radius 2 is 1.79 bits per heavy atom. The highest BCUT2D eigenvalue weighted by Gasteiger charge is 2.25. The number of fused-ring (bicyclic) bond motifs is 1. The summed E-state index contributed by atoms with van der Waals surface area (Å²) in [5, 5.41) is 5.69. The van der Waals surface area contributed by atoms with E-state index in [2.05, 4.69) is 83.4 Å². The molecule has 1 heterocycles. The third kappa shape index (κ3) is 4.48. The van der Waals surface area contributed by atoms with Crippen molar-refractivity contribution < 1.29 is 0 Å². The highest BCUT2D eigenvalue weighted by atomic mass is 32.1. The lowest BCUT2D eigenvalue weighted by Gasteiger charge is -2.36. The Labute approximate surface area is 179 Å². The molecule has 1 saturated carbocycles. The van der Waals surface area contributed by atoms with Gasteiger partial charge in [0.15, 0.2) is 5.11 Å². The Balaban J connectivity index is 1.62. The molecule has 0 saturated heterocycles. The molecule has 4 rings (SSSR count). The Morgan fingerprint density at radius 1 is 1.07 bits per heavy atom. The minimum absolute atomic E-state index is 0.512. The highest BCUT2D eigenvalue weighted by Crippen LogP contribution is 2.28. The van der Waals surface area contributed by atoms with Gasteiger partial charge in [-0.3, -0.25) is 0 Å². The van der Waals surface area contributed by atoms with Gasteiger partial charge in [-0.2, -0.15) is 0 Å². The van der Waals surface area contributed by atoms with Gasteiger partial charge in [-0.15, -0.1) is 0 Å². The van der Waals surface area contributed by atoms with Crippen LogP contribution in [-0.2, 0) is 13.1 Å². The van der Waals surface area contributed by atoms with E-state index in [1.807, 2.05) is 0 Å². The summed E-state index contributed by atoms with van der Waals surface area (Å²) in [7, 11) is 0. The molecule has 1 aliphatic carbocycles. The fourth-order valence-corrected chi connectivity index (χ4v) is 4.82. The topological polar surface area (TPSA) is 20.2 Å². The van der Waals surface area contributed by atoms with Crippen molar-refractivity contribution >= 4 is 33.9 Å². The molecule has 0 bridgehead atoms. The largest absolute Gasteiger partial charge is 0.347 e. The summed E-state index contributed by atoms with van der Waals surface area (Å²) in [6.07, 6.45) is 8.70. The van der Waals surface area contributed by atoms with Crippen molar-refractivity contribution in [3.63, 3.8) is 0 Å². The molecule has 1 N–H and O–H groups in total. The number of hydrogen-bond donors (Lipinski definition) is 1. The summed E-state index contributed by atoms with van der Waals surface area (Å²) in [5.41, 5.74) is 5.00. The Kier molecular flexibility index (Phi) is 6.19. The number of benzene rings is 2. The second-order valence-electron chi connectivity index (χ2n) is 8.17. The van der Waals surface area contributed by atoms with E-state index in [4.69, 9.17) is 12.2 Å². The lowest BCUT2D eigenvalue weighted by Crippen LogP contribution is -2.43. The predicted molar refractivity (Wildman–Crippen MR) is 127 cm³/mol. The molecule has 4 heteroatoms. The van der Waals surface area contributed by atoms with Crippen LogP contribution >= 0.6 is 12.2 Å². The Morgan fingerprint density at radius 3 is 2.52 bits per heavy atom. The van der Waals surface area contributed by atoms with Crippen molar-refractivity contribution in [2.45, 2.75) is 65.1 Å². The summed E-state index contributed by atoms with van der Waals surface area (Å²) < 4.78 is 2.35. The van der Waals surface area contributed by atoms with Crippen LogP contribution in [0, 0.1) is 6.92 Å². The van der Waals surface area contributed by atoms with Crippen LogP contribution in [0.2, 0.25) is 0 Å². The van der Waals surface area contributed by atoms with Gasteiger partial charge in [0.1, 0.15) is 0 Å². The molecule has 0 unspecified atom stereocenters. The van der Waals surface area contributed by atoms with Gasteiger partial charge in [-0.25, -0.2) is 0 Å². The summed E-state index contributed by atoms with van der Waals surface area (Å²) in [5.74, 6) is 0. The average molecular weight is 406 g/mol. The molecule has 0 aliphatic heterocycles. The third-order valence-corrected chi connectivity index (χ3v) is 6.47. The van der Waals surface area contributed by atoms with Crippen molar-refractivity contribution in [1.82, 2.24) is 9.47 Å². The van der Waals surface area contributed by atoms with E-state index in [9.17, 15) is 0 Å². The fourth-order valence-electron chi connectivity index (χ4n) is 4.49. The minimum Gasteiger partial charge on any atom is -0.347 e. The van der Waals surface area contributed by atoms with E-state index < -0.39 is 0 Å². The summed E-state index contributed by atoms with van der Waals surface area (Å²) in [6, 6.07) is 17.7. The quantitative estimate of drug-likeness (QED) is 0.489. The first kappa shape index (κ1) is 20.0. The van der Waals surface area contributed by atoms with Gasteiger partial charge >= 0.3 is 0 Å². The van der Waals surface area contributed by atoms with Gasteiger partial charge in [0.25, 0.3) is 0 Å². The van der Waals surface area contributed by atoms with Crippen LogP contribution in [0.15, 0.2) is 54.7 Å². The van der Waals surface area contributed by atoms with E-state index in [-0.39, 0.29) is 0 Å². The molecule has 2 aromatic carbocycles. The molecular formula is C25H31N3S. The Hall–Kier alpha value is -2.33. The molecule has 1 aliphatic rings. The molecule has 1 fully saturated rings. The highest BCUT2D eigenvalue weighted by molar-refractivity contribution is 7.80. The molecule has 0 amide bonds. The second-order valence-corrected chi connectivity index (χ2v) is 8.56. The summed E-state index contributed by atoms with van der Waals surface area (Å²) in [6.45, 7) is 6.16. The monoisotopic (exact) mass is 405 g/mol. The van der Waals surface area contributed by atoms with Crippen LogP contribution in [0.5, 0.6) is 0 Å². The van der Waals surface area contributed by atoms with Crippen molar-refractivity contribution in [3.8, 4) is 0 Å². The predicted octanol–water partition coefficient (Wildman–Crippen LogP) is 6.50. The molecule has 3 nitrogen and oxygen atoms in total. The van der Waals surface area contributed by atoms with Gasteiger partial charge in [0.2, 0.25) is 0 Å². The summed E-state index contributed by atoms with van der Waals surface area (Å²) >= 11 is 5.94. The lowest BCUT2D eigenvalue weighted by molar-refractivity contribution is 0.241. The van der Waals surface area contributed by atoms with Gasteiger partial charge in [-0.05, 0) is 62.7 Å². The van der Waals surface area contributed by atoms with Gasteiger partial charge in [0, 0.05) is 41.9 Å². The molecule has 0 spiro atoms. The molecule has 1 aromatic heterocycles. The zero-order chi connectivity index (χ0) is 20.2. The average Bonchev–Trinajstić information content (AvgIpc) is 3.12. The maximum absolute atomic E-state index is 5.94. The molecule has 152 valence electrons. The summed E-state index contributed by atoms with van der Waals surface area (Å²) in [4.78, 5) is 2.44. The third-order valence-electron chi connectivity index (χ3n) is 6.13. The van der Waals surface area contributed by atoms with Gasteiger partial charge in [0.05, 0.1) is 0 Å². The van der Waals surface area contributed by atoms with E-state index in [0.717, 1.165) is 23.9 Å². The number of rotatable bonds is 5. The number of thiocarbonyl (C=S) groups is 1. The zero-order valence-corrected chi connectivity index (χ0v) is 18.3. The molecule has 0 radical (unpaired) electrons. The molecule has 29 heavy (non-hydrogen) atoms. The van der Waals surface area contributed by atoms with Crippen LogP contribution in [0.3, 0.4) is 0 Å². The normalized spacial score (nSPS) is 14.8. The SMILES string of the molecule is CCn1cc(CN(C(=S)Nc2ccc(C)cc2)C2CCCCC2)c2ccccc21. The van der Waals surface area contributed by atoms with Crippen LogP contribution in [0.4, 0.5) is 5.69 Å². The number of anilines is 1. The number of nitrogens with one attached hydrogen (secondary N) is 1. The van der Waals surface area contributed by atoms with Crippen LogP contribution in [0.25, 0.3) is 10.9 Å². The standard InChI is InChI=1S/C25H31N3S/c1-3-27-17-20(23-11-7-8-12-24(23)27)18-28(22-9-5-4-6-10-22)25(29)26-21-15-13-19(2)14-16-21/h7-8,11-17,22H,3-6,9-10,18H2,1-2H3,(H,26,29). The first-order valence-electron chi connectivity index (χ1n) is 10.9. The van der Waals surface area contributed by atoms with Gasteiger partial charge < -0.3 is 14.8 Å². The maximum Gasteiger partial charge on any atom is 0.173 e. The minimum atomic E-state index is 0.512. The zero-order valence-electron chi connectivity index (χ0n) is 17.5. The van der Waals surface area contributed by atoms with E-state index >= 15 is 0 Å². The number of para-hydroxylation sites is 1. The number of aromatic nitrogens is 1. The van der Waals surface area contributed by atoms with Crippen molar-refractivity contribution in [3.05, 3.63) is 65.9 Å². The molecular weight excluding hydrogens is 374 g/mol. The van der Waals surface area contributed by atoms with Crippen molar-refractivity contribution in [2.75, 3.05) is 5.32 Å². The number of nitrogens with zero attached hydrogens (tertiary/aromatic N) is 2. The van der Waals surface area contributed by atoms with E-state index in [1.54, 1.807) is 0 Å².